The van der Waals surface area contributed by atoms with Crippen LogP contribution in [0.4, 0.5) is 13.2 Å². The lowest BCUT2D eigenvalue weighted by Crippen LogP contribution is -2.33. The molecule has 1 N–H and O–H groups in total. The maximum absolute atomic E-state index is 12.1. The summed E-state index contributed by atoms with van der Waals surface area (Å²) < 4.78 is 68.1. The molecule has 9 heteroatoms. The second-order valence-corrected chi connectivity index (χ2v) is 6.78. The van der Waals surface area contributed by atoms with Crippen molar-refractivity contribution in [1.82, 2.24) is 9.62 Å². The van der Waals surface area contributed by atoms with E-state index in [2.05, 4.69) is 4.72 Å². The summed E-state index contributed by atoms with van der Waals surface area (Å²) in [5.41, 5.74) is 0. The first-order valence-corrected chi connectivity index (χ1v) is 8.60. The van der Waals surface area contributed by atoms with E-state index >= 15 is 0 Å². The molecule has 0 fully saturated rings. The van der Waals surface area contributed by atoms with Crippen LogP contribution in [-0.2, 0) is 10.0 Å². The number of halogens is 3. The molecule has 0 unspecified atom stereocenters. The van der Waals surface area contributed by atoms with Crippen molar-refractivity contribution in [3.8, 4) is 5.75 Å². The van der Waals surface area contributed by atoms with Crippen LogP contribution in [0.2, 0.25) is 0 Å². The first-order valence-electron chi connectivity index (χ1n) is 7.12. The molecule has 0 radical (unpaired) electrons. The summed E-state index contributed by atoms with van der Waals surface area (Å²) >= 11 is 0. The highest BCUT2D eigenvalue weighted by molar-refractivity contribution is 7.89. The zero-order valence-corrected chi connectivity index (χ0v) is 13.9. The van der Waals surface area contributed by atoms with Crippen LogP contribution in [-0.4, -0.2) is 52.8 Å². The van der Waals surface area contributed by atoms with Gasteiger partial charge in [0, 0.05) is 6.54 Å². The molecule has 0 amide bonds. The summed E-state index contributed by atoms with van der Waals surface area (Å²) in [6, 6.07) is 5.94. The Labute approximate surface area is 134 Å². The maximum atomic E-state index is 12.1. The molecule has 0 spiro atoms. The Morgan fingerprint density at radius 1 is 1.22 bits per heavy atom. The lowest BCUT2D eigenvalue weighted by molar-refractivity contribution is -0.143. The lowest BCUT2D eigenvalue weighted by atomic mass is 10.3. The SMILES string of the molecule is CCOc1ccc(S(=O)(=O)NCCCN(C)CC(F)(F)F)cc1. The van der Waals surface area contributed by atoms with Gasteiger partial charge in [0.15, 0.2) is 0 Å². The highest BCUT2D eigenvalue weighted by atomic mass is 32.2. The smallest absolute Gasteiger partial charge is 0.401 e. The van der Waals surface area contributed by atoms with Gasteiger partial charge >= 0.3 is 6.18 Å². The monoisotopic (exact) mass is 354 g/mol. The Hall–Kier alpha value is -1.32. The van der Waals surface area contributed by atoms with Crippen molar-refractivity contribution < 1.29 is 26.3 Å². The van der Waals surface area contributed by atoms with Gasteiger partial charge in [-0.05, 0) is 51.2 Å². The normalized spacial score (nSPS) is 12.6. The summed E-state index contributed by atoms with van der Waals surface area (Å²) in [5.74, 6) is 0.570. The van der Waals surface area contributed by atoms with Crippen LogP contribution >= 0.6 is 0 Å². The fourth-order valence-corrected chi connectivity index (χ4v) is 2.98. The number of benzene rings is 1. The minimum Gasteiger partial charge on any atom is -0.494 e. The molecular formula is C14H21F3N2O3S. The molecule has 0 aliphatic rings. The molecule has 0 atom stereocenters. The van der Waals surface area contributed by atoms with Gasteiger partial charge in [-0.15, -0.1) is 0 Å². The van der Waals surface area contributed by atoms with Crippen molar-refractivity contribution in [2.75, 3.05) is 33.3 Å². The van der Waals surface area contributed by atoms with Gasteiger partial charge in [-0.1, -0.05) is 0 Å². The third-order valence-electron chi connectivity index (χ3n) is 2.90. The first-order chi connectivity index (χ1) is 10.6. The minimum atomic E-state index is -4.25. The van der Waals surface area contributed by atoms with Crippen molar-refractivity contribution in [2.45, 2.75) is 24.4 Å². The molecule has 1 aromatic rings. The van der Waals surface area contributed by atoms with Gasteiger partial charge in [-0.3, -0.25) is 4.90 Å². The fourth-order valence-electron chi connectivity index (χ4n) is 1.91. The number of hydrogen-bond acceptors (Lipinski definition) is 4. The molecule has 132 valence electrons. The predicted molar refractivity (Wildman–Crippen MR) is 81.0 cm³/mol. The summed E-state index contributed by atoms with van der Waals surface area (Å²) in [6.07, 6.45) is -3.97. The number of ether oxygens (including phenoxy) is 1. The number of rotatable bonds is 9. The fraction of sp³-hybridized carbons (Fsp3) is 0.571. The molecular weight excluding hydrogens is 333 g/mol. The van der Waals surface area contributed by atoms with E-state index in [0.717, 1.165) is 4.90 Å². The van der Waals surface area contributed by atoms with Crippen molar-refractivity contribution in [3.05, 3.63) is 24.3 Å². The van der Waals surface area contributed by atoms with Crippen LogP contribution in [0.15, 0.2) is 29.2 Å². The van der Waals surface area contributed by atoms with Gasteiger partial charge < -0.3 is 4.74 Å². The number of alkyl halides is 3. The van der Waals surface area contributed by atoms with Crippen molar-refractivity contribution >= 4 is 10.0 Å². The van der Waals surface area contributed by atoms with Gasteiger partial charge in [0.05, 0.1) is 18.0 Å². The van der Waals surface area contributed by atoms with E-state index in [1.165, 1.54) is 19.2 Å². The van der Waals surface area contributed by atoms with E-state index in [-0.39, 0.29) is 24.4 Å². The predicted octanol–water partition coefficient (Wildman–Crippen LogP) is 2.25. The van der Waals surface area contributed by atoms with Crippen LogP contribution in [0.25, 0.3) is 0 Å². The molecule has 0 aliphatic heterocycles. The number of nitrogens with zero attached hydrogens (tertiary/aromatic N) is 1. The second kappa shape index (κ2) is 8.51. The Bertz CT molecular complexity index is 574. The van der Waals surface area contributed by atoms with Gasteiger partial charge in [0.25, 0.3) is 0 Å². The maximum Gasteiger partial charge on any atom is 0.401 e. The summed E-state index contributed by atoms with van der Waals surface area (Å²) in [5, 5.41) is 0. The number of sulfonamides is 1. The van der Waals surface area contributed by atoms with Crippen molar-refractivity contribution in [2.24, 2.45) is 0 Å². The molecule has 1 rings (SSSR count). The highest BCUT2D eigenvalue weighted by Crippen LogP contribution is 2.16. The van der Waals surface area contributed by atoms with Crippen LogP contribution in [0, 0.1) is 0 Å². The Balaban J connectivity index is 2.44. The Morgan fingerprint density at radius 3 is 2.35 bits per heavy atom. The zero-order chi connectivity index (χ0) is 17.5. The average Bonchev–Trinajstić information content (AvgIpc) is 2.43. The van der Waals surface area contributed by atoms with E-state index in [4.69, 9.17) is 4.74 Å². The van der Waals surface area contributed by atoms with E-state index < -0.39 is 22.7 Å². The summed E-state index contributed by atoms with van der Waals surface area (Å²) in [7, 11) is -2.33. The molecule has 0 saturated heterocycles. The number of hydrogen-bond donors (Lipinski definition) is 1. The van der Waals surface area contributed by atoms with E-state index in [1.54, 1.807) is 12.1 Å². The van der Waals surface area contributed by atoms with E-state index in [0.29, 0.717) is 12.4 Å². The molecule has 5 nitrogen and oxygen atoms in total. The molecule has 0 aliphatic carbocycles. The van der Waals surface area contributed by atoms with E-state index in [1.807, 2.05) is 6.92 Å². The van der Waals surface area contributed by atoms with Gasteiger partial charge in [0.2, 0.25) is 10.0 Å². The highest BCUT2D eigenvalue weighted by Gasteiger charge is 2.28. The Morgan fingerprint density at radius 2 is 1.83 bits per heavy atom. The van der Waals surface area contributed by atoms with Crippen LogP contribution in [0.3, 0.4) is 0 Å². The van der Waals surface area contributed by atoms with Crippen LogP contribution in [0.1, 0.15) is 13.3 Å². The van der Waals surface area contributed by atoms with Crippen molar-refractivity contribution in [1.29, 1.82) is 0 Å². The largest absolute Gasteiger partial charge is 0.494 e. The Kier molecular flexibility index (Phi) is 7.30. The molecule has 1 aromatic carbocycles. The molecule has 0 bridgehead atoms. The molecule has 0 heterocycles. The van der Waals surface area contributed by atoms with Gasteiger partial charge in [-0.25, -0.2) is 13.1 Å². The third-order valence-corrected chi connectivity index (χ3v) is 4.38. The van der Waals surface area contributed by atoms with Crippen LogP contribution in [0.5, 0.6) is 5.75 Å². The van der Waals surface area contributed by atoms with Gasteiger partial charge in [0.1, 0.15) is 5.75 Å². The minimum absolute atomic E-state index is 0.0672. The van der Waals surface area contributed by atoms with Crippen molar-refractivity contribution in [3.63, 3.8) is 0 Å². The average molecular weight is 354 g/mol. The summed E-state index contributed by atoms with van der Waals surface area (Å²) in [4.78, 5) is 1.19. The quantitative estimate of drug-likeness (QED) is 0.691. The topological polar surface area (TPSA) is 58.6 Å². The molecule has 0 aromatic heterocycles. The summed E-state index contributed by atoms with van der Waals surface area (Å²) in [6.45, 7) is 1.50. The second-order valence-electron chi connectivity index (χ2n) is 5.01. The van der Waals surface area contributed by atoms with Gasteiger partial charge in [-0.2, -0.15) is 13.2 Å². The third kappa shape index (κ3) is 7.67. The first kappa shape index (κ1) is 19.7. The zero-order valence-electron chi connectivity index (χ0n) is 13.1. The molecule has 0 saturated carbocycles. The van der Waals surface area contributed by atoms with E-state index in [9.17, 15) is 21.6 Å². The lowest BCUT2D eigenvalue weighted by Gasteiger charge is -2.18. The number of nitrogens with one attached hydrogen (secondary N) is 1. The molecule has 23 heavy (non-hydrogen) atoms. The standard InChI is InChI=1S/C14H21F3N2O3S/c1-3-22-12-5-7-13(8-6-12)23(20,21)18-9-4-10-19(2)11-14(15,16)17/h5-8,18H,3-4,9-11H2,1-2H3. The van der Waals surface area contributed by atoms with Crippen LogP contribution < -0.4 is 9.46 Å².